The van der Waals surface area contributed by atoms with E-state index in [1.165, 1.54) is 34.6 Å². The van der Waals surface area contributed by atoms with E-state index in [1.54, 1.807) is 13.8 Å². The SMILES string of the molecule is C.CC(=O)OC1O[C@H](C(C)=O)[C@@H](C)[C@H](OC(C)=O)[C@H]1OC(C)=O.CC(=O)O[C@@H]1[C@@H](OC(C)=O)[C@H](C)[C@@H](C(C)=O)O[C@@H]1Br.O=C1O[C@@H]2C(O)C(O)O[C@@H]2[C@@H]1O. The minimum Gasteiger partial charge on any atom is -0.458 e. The molecule has 0 bridgehead atoms. The van der Waals surface area contributed by atoms with Gasteiger partial charge in [0.1, 0.15) is 30.5 Å². The number of rotatable bonds is 7. The van der Waals surface area contributed by atoms with Crippen molar-refractivity contribution < 1.29 is 96.3 Å². The lowest BCUT2D eigenvalue weighted by molar-refractivity contribution is -0.276. The van der Waals surface area contributed by atoms with Crippen LogP contribution in [0.5, 0.6) is 0 Å². The Morgan fingerprint density at radius 1 is 0.574 bits per heavy atom. The van der Waals surface area contributed by atoms with Crippen LogP contribution in [0.1, 0.15) is 69.7 Å². The fourth-order valence-corrected chi connectivity index (χ4v) is 6.53. The zero-order valence-corrected chi connectivity index (χ0v) is 31.9. The van der Waals surface area contributed by atoms with Gasteiger partial charge >= 0.3 is 35.8 Å². The minimum atomic E-state index is -1.40. The Morgan fingerprint density at radius 3 is 1.37 bits per heavy atom. The van der Waals surface area contributed by atoms with E-state index in [1.807, 2.05) is 0 Å². The van der Waals surface area contributed by atoms with Crippen molar-refractivity contribution in [3.05, 3.63) is 0 Å². The van der Waals surface area contributed by atoms with E-state index < -0.39 is 126 Å². The summed E-state index contributed by atoms with van der Waals surface area (Å²) in [4.78, 5) is 89.9. The molecule has 15 atom stereocenters. The smallest absolute Gasteiger partial charge is 0.338 e. The largest absolute Gasteiger partial charge is 0.458 e. The summed E-state index contributed by atoms with van der Waals surface area (Å²) in [6.07, 6.45) is -12.5. The van der Waals surface area contributed by atoms with Crippen LogP contribution in [0, 0.1) is 11.8 Å². The summed E-state index contributed by atoms with van der Waals surface area (Å²) in [7, 11) is 0. The summed E-state index contributed by atoms with van der Waals surface area (Å²) in [5.74, 6) is -5.25. The molecule has 308 valence electrons. The van der Waals surface area contributed by atoms with Crippen LogP contribution in [0.4, 0.5) is 0 Å². The summed E-state index contributed by atoms with van der Waals surface area (Å²) in [6, 6.07) is 0. The number of aliphatic hydroxyl groups excluding tert-OH is 3. The second-order valence-corrected chi connectivity index (χ2v) is 13.4. The Bertz CT molecular complexity index is 1370. The minimum absolute atomic E-state index is 0. The number of hydrogen-bond donors (Lipinski definition) is 3. The molecule has 4 fully saturated rings. The summed E-state index contributed by atoms with van der Waals surface area (Å²) in [5.41, 5.74) is 0. The Morgan fingerprint density at radius 2 is 0.963 bits per heavy atom. The predicted molar refractivity (Wildman–Crippen MR) is 179 cm³/mol. The number of Topliss-reactive ketones (excluding diaryl/α,β-unsaturated/α-hetero) is 2. The van der Waals surface area contributed by atoms with E-state index in [4.69, 9.17) is 48.5 Å². The van der Waals surface area contributed by atoms with Gasteiger partial charge in [-0.25, -0.2) is 4.79 Å². The number of esters is 6. The first kappa shape index (κ1) is 48.4. The number of alkyl halides is 1. The first-order valence-electron chi connectivity index (χ1n) is 16.2. The van der Waals surface area contributed by atoms with Gasteiger partial charge < -0.3 is 58.0 Å². The molecule has 4 aliphatic rings. The molecule has 0 spiro atoms. The molecule has 3 unspecified atom stereocenters. The first-order valence-corrected chi connectivity index (χ1v) is 17.1. The van der Waals surface area contributed by atoms with Gasteiger partial charge in [0.2, 0.25) is 12.4 Å². The maximum Gasteiger partial charge on any atom is 0.338 e. The van der Waals surface area contributed by atoms with E-state index >= 15 is 0 Å². The van der Waals surface area contributed by atoms with Crippen LogP contribution < -0.4 is 0 Å². The summed E-state index contributed by atoms with van der Waals surface area (Å²) >= 11 is 3.21. The maximum absolute atomic E-state index is 11.7. The summed E-state index contributed by atoms with van der Waals surface area (Å²) in [6.45, 7) is 12.1. The zero-order valence-electron chi connectivity index (χ0n) is 30.3. The van der Waals surface area contributed by atoms with Crippen molar-refractivity contribution in [3.63, 3.8) is 0 Å². The standard InChI is InChI=1S/C14H20O8.C12H17BrO6.C6H8O6.CH4/c1-6-11(7(2)15)22-14(21-10(5)18)13(20-9(4)17)12(6)19-8(3)16;1-5-9(6(2)14)19-12(13)11(18-8(4)16)10(5)17-7(3)15;7-1-3-4(12-5(1)9)2(8)6(10)11-3;/h6,11-14H,1-5H3;5,9-12H,1-4H3;1-5,7-9H;1H4/t6-,11+,12+,13-,14?;5-,9+,10+,11-,12+;1?,2-,3+,4+,5?;/m110./s1. The Labute approximate surface area is 319 Å². The van der Waals surface area contributed by atoms with Crippen LogP contribution in [0.25, 0.3) is 0 Å². The third kappa shape index (κ3) is 12.7. The van der Waals surface area contributed by atoms with Crippen molar-refractivity contribution in [1.82, 2.24) is 0 Å². The molecular weight excluding hydrogens is 796 g/mol. The number of halogens is 1. The van der Waals surface area contributed by atoms with Crippen LogP contribution in [-0.2, 0) is 81.0 Å². The van der Waals surface area contributed by atoms with E-state index in [2.05, 4.69) is 25.4 Å². The fraction of sp³-hybridized carbons (Fsp3) is 0.758. The van der Waals surface area contributed by atoms with Gasteiger partial charge in [0, 0.05) is 46.5 Å². The summed E-state index contributed by atoms with van der Waals surface area (Å²) in [5, 5.41) is 26.5. The topological polar surface area (TPSA) is 280 Å². The molecule has 0 aromatic carbocycles. The molecule has 4 heterocycles. The van der Waals surface area contributed by atoms with E-state index in [0.717, 1.165) is 13.8 Å². The monoisotopic (exact) mass is 844 g/mol. The Hall–Kier alpha value is -3.60. The zero-order chi connectivity index (χ0) is 40.6. The Balaban J connectivity index is 0.000000416. The van der Waals surface area contributed by atoms with Gasteiger partial charge in [-0.05, 0) is 13.8 Å². The van der Waals surface area contributed by atoms with Crippen molar-refractivity contribution in [2.75, 3.05) is 0 Å². The van der Waals surface area contributed by atoms with Gasteiger partial charge in [-0.1, -0.05) is 37.2 Å². The van der Waals surface area contributed by atoms with Crippen LogP contribution in [0.15, 0.2) is 0 Å². The van der Waals surface area contributed by atoms with Gasteiger partial charge in [-0.15, -0.1) is 0 Å². The second kappa shape index (κ2) is 20.9. The molecule has 4 aliphatic heterocycles. The maximum atomic E-state index is 11.7. The number of carbonyl (C=O) groups excluding carboxylic acids is 8. The van der Waals surface area contributed by atoms with Gasteiger partial charge in [-0.2, -0.15) is 0 Å². The predicted octanol–water partition coefficient (Wildman–Crippen LogP) is -0.455. The average molecular weight is 846 g/mol. The molecule has 0 radical (unpaired) electrons. The van der Waals surface area contributed by atoms with Crippen LogP contribution >= 0.6 is 15.9 Å². The molecule has 0 aromatic heterocycles. The number of aliphatic hydroxyl groups is 3. The second-order valence-electron chi connectivity index (χ2n) is 12.5. The van der Waals surface area contributed by atoms with Crippen molar-refractivity contribution in [2.24, 2.45) is 11.8 Å². The van der Waals surface area contributed by atoms with Crippen LogP contribution in [-0.4, -0.2) is 141 Å². The van der Waals surface area contributed by atoms with Crippen molar-refractivity contribution in [1.29, 1.82) is 0 Å². The molecule has 3 N–H and O–H groups in total. The van der Waals surface area contributed by atoms with Crippen LogP contribution in [0.3, 0.4) is 0 Å². The van der Waals surface area contributed by atoms with Gasteiger partial charge in [0.25, 0.3) is 0 Å². The van der Waals surface area contributed by atoms with E-state index in [9.17, 15) is 38.4 Å². The van der Waals surface area contributed by atoms with E-state index in [-0.39, 0.29) is 19.0 Å². The quantitative estimate of drug-likeness (QED) is 0.166. The highest BCUT2D eigenvalue weighted by Gasteiger charge is 2.56. The Kier molecular flexibility index (Phi) is 18.7. The van der Waals surface area contributed by atoms with Gasteiger partial charge in [0.05, 0.1) is 0 Å². The third-order valence-electron chi connectivity index (χ3n) is 8.07. The highest BCUT2D eigenvalue weighted by molar-refractivity contribution is 9.09. The van der Waals surface area contributed by atoms with Gasteiger partial charge in [-0.3, -0.25) is 33.6 Å². The molecule has 0 saturated carbocycles. The number of ketones is 2. The normalized spacial score (nSPS) is 36.4. The average Bonchev–Trinajstić information content (AvgIpc) is 3.46. The molecule has 4 saturated heterocycles. The molecule has 21 heteroatoms. The molecule has 0 amide bonds. The van der Waals surface area contributed by atoms with Crippen LogP contribution in [0.2, 0.25) is 0 Å². The van der Waals surface area contributed by atoms with Gasteiger partial charge in [0.15, 0.2) is 47.3 Å². The van der Waals surface area contributed by atoms with Crippen molar-refractivity contribution in [2.45, 2.75) is 148 Å². The molecule has 0 aliphatic carbocycles. The third-order valence-corrected chi connectivity index (χ3v) is 8.81. The highest BCUT2D eigenvalue weighted by atomic mass is 79.9. The lowest BCUT2D eigenvalue weighted by atomic mass is 9.88. The highest BCUT2D eigenvalue weighted by Crippen LogP contribution is 2.34. The number of ether oxygens (including phenoxy) is 9. The number of fused-ring (bicyclic) bond motifs is 1. The lowest BCUT2D eigenvalue weighted by Gasteiger charge is -2.42. The van der Waals surface area contributed by atoms with Crippen molar-refractivity contribution >= 4 is 63.3 Å². The molecule has 0 aromatic rings. The van der Waals surface area contributed by atoms with Crippen molar-refractivity contribution in [3.8, 4) is 0 Å². The van der Waals surface area contributed by atoms with E-state index in [0.29, 0.717) is 0 Å². The number of carbonyl (C=O) groups is 8. The number of hydrogen-bond acceptors (Lipinski definition) is 20. The molecule has 4 rings (SSSR count). The first-order chi connectivity index (χ1) is 24.5. The molecular formula is C33H49BrO20. The molecule has 20 nitrogen and oxygen atoms in total. The fourth-order valence-electron chi connectivity index (χ4n) is 5.89. The lowest BCUT2D eigenvalue weighted by Crippen LogP contribution is -2.59. The summed E-state index contributed by atoms with van der Waals surface area (Å²) < 4.78 is 45.7. The molecule has 54 heavy (non-hydrogen) atoms.